The highest BCUT2D eigenvalue weighted by Gasteiger charge is 2.46. The Labute approximate surface area is 134 Å². The molecular weight excluding hydrogens is 337 g/mol. The molecule has 1 saturated carbocycles. The summed E-state index contributed by atoms with van der Waals surface area (Å²) in [5.41, 5.74) is -1.12. The van der Waals surface area contributed by atoms with E-state index in [2.05, 4.69) is 9.38 Å². The van der Waals surface area contributed by atoms with Crippen LogP contribution in [0.5, 0.6) is 0 Å². The zero-order valence-electron chi connectivity index (χ0n) is 12.4. The van der Waals surface area contributed by atoms with Gasteiger partial charge in [-0.15, -0.1) is 0 Å². The van der Waals surface area contributed by atoms with Gasteiger partial charge in [0.05, 0.1) is 26.4 Å². The van der Waals surface area contributed by atoms with Gasteiger partial charge >= 0.3 is 6.18 Å². The standard InChI is InChI=1S/C14H16ClF3N2OS/c1-12(2,3)22(21)20-8-13(4-5-13)11-10(15)6-9(7-19-11)14(16,17)18/h6-8H,4-5H2,1-3H3/b20-8+. The maximum Gasteiger partial charge on any atom is 0.417 e. The van der Waals surface area contributed by atoms with Gasteiger partial charge in [-0.1, -0.05) is 11.6 Å². The van der Waals surface area contributed by atoms with Gasteiger partial charge in [-0.05, 0) is 39.7 Å². The molecule has 0 amide bonds. The van der Waals surface area contributed by atoms with Crippen LogP contribution >= 0.6 is 11.6 Å². The number of hydrogen-bond acceptors (Lipinski definition) is 2. The van der Waals surface area contributed by atoms with Crippen LogP contribution < -0.4 is 0 Å². The molecule has 0 spiro atoms. The van der Waals surface area contributed by atoms with Crippen molar-refractivity contribution in [2.45, 2.75) is 50.0 Å². The van der Waals surface area contributed by atoms with Crippen molar-refractivity contribution in [3.8, 4) is 0 Å². The molecule has 22 heavy (non-hydrogen) atoms. The molecule has 1 unspecified atom stereocenters. The minimum atomic E-state index is -4.48. The zero-order chi connectivity index (χ0) is 16.8. The third kappa shape index (κ3) is 3.68. The Bertz CT molecular complexity index is 634. The summed E-state index contributed by atoms with van der Waals surface area (Å²) in [5, 5.41) is -0.0414. The van der Waals surface area contributed by atoms with Crippen LogP contribution in [0.1, 0.15) is 44.9 Å². The molecule has 1 aliphatic rings. The third-order valence-corrected chi connectivity index (χ3v) is 4.98. The summed E-state index contributed by atoms with van der Waals surface area (Å²) in [7, 11) is -1.42. The van der Waals surface area contributed by atoms with Crippen molar-refractivity contribution in [1.82, 2.24) is 4.98 Å². The maximum absolute atomic E-state index is 12.6. The van der Waals surface area contributed by atoms with Gasteiger partial charge in [0.25, 0.3) is 0 Å². The molecule has 0 bridgehead atoms. The fourth-order valence-corrected chi connectivity index (χ4v) is 2.80. The second kappa shape index (κ2) is 5.60. The van der Waals surface area contributed by atoms with Crippen LogP contribution in [0, 0.1) is 0 Å². The highest BCUT2D eigenvalue weighted by molar-refractivity contribution is 7.85. The van der Waals surface area contributed by atoms with E-state index in [0.717, 1.165) is 12.3 Å². The zero-order valence-corrected chi connectivity index (χ0v) is 13.9. The Morgan fingerprint density at radius 3 is 2.36 bits per heavy atom. The first-order valence-electron chi connectivity index (χ1n) is 6.66. The van der Waals surface area contributed by atoms with Crippen molar-refractivity contribution in [3.63, 3.8) is 0 Å². The van der Waals surface area contributed by atoms with E-state index in [1.54, 1.807) is 20.8 Å². The molecule has 1 fully saturated rings. The average Bonchev–Trinajstić information content (AvgIpc) is 3.14. The molecular formula is C14H16ClF3N2OS. The molecule has 0 aromatic carbocycles. The summed E-state index contributed by atoms with van der Waals surface area (Å²) in [6, 6.07) is 0.874. The van der Waals surface area contributed by atoms with Crippen LogP contribution in [0.25, 0.3) is 0 Å². The highest BCUT2D eigenvalue weighted by Crippen LogP contribution is 2.48. The Balaban J connectivity index is 2.28. The van der Waals surface area contributed by atoms with Crippen molar-refractivity contribution >= 4 is 28.8 Å². The summed E-state index contributed by atoms with van der Waals surface area (Å²) >= 11 is 5.97. The van der Waals surface area contributed by atoms with Crippen LogP contribution in [0.3, 0.4) is 0 Å². The molecule has 122 valence electrons. The Kier molecular flexibility index (Phi) is 4.43. The number of halogens is 4. The van der Waals surface area contributed by atoms with Crippen molar-refractivity contribution in [2.24, 2.45) is 4.40 Å². The third-order valence-electron chi connectivity index (χ3n) is 3.35. The molecule has 1 heterocycles. The fraction of sp³-hybridized carbons (Fsp3) is 0.571. The van der Waals surface area contributed by atoms with Gasteiger partial charge in [0.15, 0.2) is 0 Å². The normalized spacial score (nSPS) is 19.4. The van der Waals surface area contributed by atoms with E-state index < -0.39 is 32.9 Å². The van der Waals surface area contributed by atoms with Crippen LogP contribution in [-0.4, -0.2) is 20.2 Å². The van der Waals surface area contributed by atoms with Crippen molar-refractivity contribution < 1.29 is 17.4 Å². The molecule has 1 aromatic rings. The van der Waals surface area contributed by atoms with Crippen LogP contribution in [0.15, 0.2) is 16.7 Å². The molecule has 3 nitrogen and oxygen atoms in total. The number of pyridine rings is 1. The van der Waals surface area contributed by atoms with E-state index in [0.29, 0.717) is 18.5 Å². The Morgan fingerprint density at radius 2 is 1.95 bits per heavy atom. The largest absolute Gasteiger partial charge is 0.417 e. The number of nitrogens with zero attached hydrogens (tertiary/aromatic N) is 2. The quantitative estimate of drug-likeness (QED) is 0.760. The smallest absolute Gasteiger partial charge is 0.258 e. The minimum Gasteiger partial charge on any atom is -0.258 e. The second-order valence-corrected chi connectivity index (χ2v) is 8.65. The van der Waals surface area contributed by atoms with E-state index in [1.807, 2.05) is 0 Å². The molecule has 1 aliphatic carbocycles. The first-order chi connectivity index (χ1) is 9.96. The Morgan fingerprint density at radius 1 is 1.36 bits per heavy atom. The summed E-state index contributed by atoms with van der Waals surface area (Å²) in [6.45, 7) is 5.39. The topological polar surface area (TPSA) is 42.3 Å². The lowest BCUT2D eigenvalue weighted by Crippen LogP contribution is -2.21. The van der Waals surface area contributed by atoms with Gasteiger partial charge in [-0.25, -0.2) is 4.21 Å². The highest BCUT2D eigenvalue weighted by atomic mass is 35.5. The molecule has 1 atom stereocenters. The van der Waals surface area contributed by atoms with Crippen LogP contribution in [-0.2, 0) is 22.6 Å². The van der Waals surface area contributed by atoms with Gasteiger partial charge in [0.1, 0.15) is 11.0 Å². The van der Waals surface area contributed by atoms with E-state index in [9.17, 15) is 17.4 Å². The van der Waals surface area contributed by atoms with Gasteiger partial charge < -0.3 is 0 Å². The number of hydrogen-bond donors (Lipinski definition) is 0. The summed E-state index contributed by atoms with van der Waals surface area (Å²) in [5.74, 6) is 0. The summed E-state index contributed by atoms with van der Waals surface area (Å²) < 4.78 is 53.4. The molecule has 1 aromatic heterocycles. The number of rotatable bonds is 3. The monoisotopic (exact) mass is 352 g/mol. The molecule has 0 saturated heterocycles. The Hall–Kier alpha value is -0.950. The van der Waals surface area contributed by atoms with Gasteiger partial charge in [-0.2, -0.15) is 17.6 Å². The van der Waals surface area contributed by atoms with Gasteiger partial charge in [-0.3, -0.25) is 4.98 Å². The van der Waals surface area contributed by atoms with Crippen molar-refractivity contribution in [1.29, 1.82) is 0 Å². The molecule has 0 N–H and O–H groups in total. The van der Waals surface area contributed by atoms with Gasteiger partial charge in [0, 0.05) is 12.4 Å². The van der Waals surface area contributed by atoms with Gasteiger partial charge in [0.2, 0.25) is 0 Å². The second-order valence-electron chi connectivity index (χ2n) is 6.30. The van der Waals surface area contributed by atoms with Crippen molar-refractivity contribution in [2.75, 3.05) is 0 Å². The first-order valence-corrected chi connectivity index (χ1v) is 8.15. The number of aromatic nitrogens is 1. The molecule has 2 rings (SSSR count). The minimum absolute atomic E-state index is 0.0414. The maximum atomic E-state index is 12.6. The lowest BCUT2D eigenvalue weighted by molar-refractivity contribution is -0.137. The lowest BCUT2D eigenvalue weighted by atomic mass is 10.0. The fourth-order valence-electron chi connectivity index (χ4n) is 1.83. The predicted octanol–water partition coefficient (Wildman–Crippen LogP) is 4.32. The summed E-state index contributed by atoms with van der Waals surface area (Å²) in [4.78, 5) is 3.88. The SMILES string of the molecule is CC(C)(C)S(=O)/N=C/C1(c2ncc(C(F)(F)F)cc2Cl)CC1. The van der Waals surface area contributed by atoms with Crippen LogP contribution in [0.2, 0.25) is 5.02 Å². The molecule has 8 heteroatoms. The lowest BCUT2D eigenvalue weighted by Gasteiger charge is -2.16. The van der Waals surface area contributed by atoms with E-state index >= 15 is 0 Å². The van der Waals surface area contributed by atoms with E-state index in [1.165, 1.54) is 6.21 Å². The summed E-state index contributed by atoms with van der Waals surface area (Å²) in [6.07, 6.45) is -0.828. The predicted molar refractivity (Wildman–Crippen MR) is 81.5 cm³/mol. The molecule has 0 radical (unpaired) electrons. The number of alkyl halides is 3. The van der Waals surface area contributed by atoms with E-state index in [4.69, 9.17) is 11.6 Å². The van der Waals surface area contributed by atoms with E-state index in [-0.39, 0.29) is 5.02 Å². The molecule has 0 aliphatic heterocycles. The average molecular weight is 353 g/mol. The van der Waals surface area contributed by atoms with Crippen molar-refractivity contribution in [3.05, 3.63) is 28.5 Å². The van der Waals surface area contributed by atoms with Crippen LogP contribution in [0.4, 0.5) is 13.2 Å². The first kappa shape index (κ1) is 17.4.